The fourth-order valence-corrected chi connectivity index (χ4v) is 4.17. The van der Waals surface area contributed by atoms with Crippen molar-refractivity contribution >= 4 is 36.6 Å². The molecule has 0 radical (unpaired) electrons. The van der Waals surface area contributed by atoms with Gasteiger partial charge in [-0.2, -0.15) is 0 Å². The molecule has 40 heavy (non-hydrogen) atoms. The van der Waals surface area contributed by atoms with E-state index in [2.05, 4.69) is 20.4 Å². The predicted octanol–water partition coefficient (Wildman–Crippen LogP) is 1.84. The topological polar surface area (TPSA) is 208 Å². The van der Waals surface area contributed by atoms with E-state index >= 15 is 0 Å². The van der Waals surface area contributed by atoms with Gasteiger partial charge in [-0.05, 0) is 37.0 Å². The lowest BCUT2D eigenvalue weighted by molar-refractivity contribution is -0.221. The van der Waals surface area contributed by atoms with Crippen LogP contribution in [0.3, 0.4) is 0 Å². The first-order valence-corrected chi connectivity index (χ1v) is 13.8. The molecule has 14 nitrogen and oxygen atoms in total. The average Bonchev–Trinajstić information content (AvgIpc) is 2.91. The largest absolute Gasteiger partial charge is 0.492 e. The SMILES string of the molecule is NC(=O)C[C@H](NCc1ccc2ccccc2n1)C(=O)NN(CCCCc1ccccc1)N(OP(=O)(O)O)C(=O)O. The van der Waals surface area contributed by atoms with Gasteiger partial charge in [0, 0.05) is 18.5 Å². The summed E-state index contributed by atoms with van der Waals surface area (Å²) in [6, 6.07) is 19.3. The lowest BCUT2D eigenvalue weighted by Crippen LogP contribution is -2.59. The van der Waals surface area contributed by atoms with E-state index in [1.807, 2.05) is 60.7 Å². The number of unbranched alkanes of at least 4 members (excludes halogenated alkanes) is 1. The van der Waals surface area contributed by atoms with Crippen LogP contribution < -0.4 is 16.5 Å². The number of aromatic nitrogens is 1. The highest BCUT2D eigenvalue weighted by molar-refractivity contribution is 7.46. The number of nitrogens with one attached hydrogen (secondary N) is 2. The van der Waals surface area contributed by atoms with Crippen LogP contribution in [0.5, 0.6) is 0 Å². The number of carbonyl (C=O) groups excluding carboxylic acids is 2. The van der Waals surface area contributed by atoms with Gasteiger partial charge in [0.2, 0.25) is 5.91 Å². The number of para-hydroxylation sites is 1. The summed E-state index contributed by atoms with van der Waals surface area (Å²) in [7, 11) is -5.33. The van der Waals surface area contributed by atoms with Crippen molar-refractivity contribution < 1.29 is 38.5 Å². The van der Waals surface area contributed by atoms with E-state index in [1.165, 1.54) is 0 Å². The maximum absolute atomic E-state index is 13.2. The number of carbonyl (C=O) groups is 3. The summed E-state index contributed by atoms with van der Waals surface area (Å²) in [5.41, 5.74) is 9.93. The molecule has 0 spiro atoms. The second-order valence-corrected chi connectivity index (χ2v) is 9.91. The maximum Gasteiger partial charge on any atom is 0.492 e. The van der Waals surface area contributed by atoms with Crippen molar-refractivity contribution in [1.29, 1.82) is 0 Å². The highest BCUT2D eigenvalue weighted by atomic mass is 31.2. The van der Waals surface area contributed by atoms with Crippen molar-refractivity contribution in [2.75, 3.05) is 6.54 Å². The molecule has 0 aliphatic rings. The first-order chi connectivity index (χ1) is 19.0. The van der Waals surface area contributed by atoms with E-state index in [9.17, 15) is 33.8 Å². The van der Waals surface area contributed by atoms with Crippen molar-refractivity contribution in [2.45, 2.75) is 38.3 Å². The minimum atomic E-state index is -5.33. The van der Waals surface area contributed by atoms with Gasteiger partial charge in [-0.3, -0.25) is 25.3 Å². The van der Waals surface area contributed by atoms with Crippen molar-refractivity contribution in [3.63, 3.8) is 0 Å². The highest BCUT2D eigenvalue weighted by Gasteiger charge is 2.33. The molecule has 0 aliphatic heterocycles. The second kappa shape index (κ2) is 14.5. The predicted molar refractivity (Wildman–Crippen MR) is 143 cm³/mol. The van der Waals surface area contributed by atoms with Crippen LogP contribution in [-0.2, 0) is 31.7 Å². The molecule has 0 aliphatic carbocycles. The van der Waals surface area contributed by atoms with E-state index in [4.69, 9.17) is 5.73 Å². The smallest absolute Gasteiger partial charge is 0.462 e. The normalized spacial score (nSPS) is 12.3. The van der Waals surface area contributed by atoms with Crippen molar-refractivity contribution in [3.05, 3.63) is 78.0 Å². The molecule has 3 amide bonds. The van der Waals surface area contributed by atoms with Gasteiger partial charge in [0.15, 0.2) is 0 Å². The van der Waals surface area contributed by atoms with E-state index in [0.29, 0.717) is 30.1 Å². The number of nitrogens with zero attached hydrogens (tertiary/aromatic N) is 3. The molecule has 214 valence electrons. The van der Waals surface area contributed by atoms with Gasteiger partial charge in [-0.15, -0.1) is 9.74 Å². The van der Waals surface area contributed by atoms with Crippen LogP contribution in [0.4, 0.5) is 4.79 Å². The quantitative estimate of drug-likeness (QED) is 0.0877. The molecule has 7 N–H and O–H groups in total. The van der Waals surface area contributed by atoms with Crippen LogP contribution in [0.25, 0.3) is 10.9 Å². The first kappa shape index (κ1) is 30.6. The molecule has 2 aromatic carbocycles. The zero-order chi connectivity index (χ0) is 29.1. The number of nitrogens with two attached hydrogens (primary N) is 1. The number of hydrogen-bond donors (Lipinski definition) is 6. The minimum absolute atomic E-state index is 0.0644. The fraction of sp³-hybridized carbons (Fsp3) is 0.280. The summed E-state index contributed by atoms with van der Waals surface area (Å²) in [5, 5.41) is 13.8. The van der Waals surface area contributed by atoms with Gasteiger partial charge in [-0.1, -0.05) is 59.8 Å². The molecule has 0 fully saturated rings. The zero-order valence-corrected chi connectivity index (χ0v) is 22.3. The molecule has 0 saturated carbocycles. The van der Waals surface area contributed by atoms with Gasteiger partial charge in [0.05, 0.1) is 23.7 Å². The second-order valence-electron chi connectivity index (χ2n) is 8.77. The Morgan fingerprint density at radius 3 is 2.38 bits per heavy atom. The molecule has 3 rings (SSSR count). The number of pyridine rings is 1. The van der Waals surface area contributed by atoms with E-state index in [1.54, 1.807) is 6.07 Å². The molecule has 1 heterocycles. The summed E-state index contributed by atoms with van der Waals surface area (Å²) < 4.78 is 15.7. The molecule has 1 atom stereocenters. The molecule has 1 aromatic heterocycles. The van der Waals surface area contributed by atoms with Crippen molar-refractivity contribution in [2.24, 2.45) is 5.73 Å². The third-order valence-electron chi connectivity index (χ3n) is 5.64. The van der Waals surface area contributed by atoms with Gasteiger partial charge in [-0.25, -0.2) is 9.36 Å². The lowest BCUT2D eigenvalue weighted by atomic mass is 10.1. The first-order valence-electron chi connectivity index (χ1n) is 12.3. The number of hydrogen-bond acceptors (Lipinski definition) is 8. The summed E-state index contributed by atoms with van der Waals surface area (Å²) in [6.45, 7) is -0.130. The fourth-order valence-electron chi connectivity index (χ4n) is 3.81. The molecule has 3 aromatic rings. The molecule has 0 saturated heterocycles. The van der Waals surface area contributed by atoms with Crippen LogP contribution in [0.2, 0.25) is 0 Å². The van der Waals surface area contributed by atoms with Crippen LogP contribution >= 0.6 is 7.82 Å². The number of carboxylic acid groups (broad SMARTS) is 1. The molecule has 0 bridgehead atoms. The Hall–Kier alpha value is -3.91. The number of rotatable bonds is 15. The van der Waals surface area contributed by atoms with Crippen LogP contribution in [0.1, 0.15) is 30.5 Å². The third kappa shape index (κ3) is 10.0. The van der Waals surface area contributed by atoms with E-state index < -0.39 is 38.2 Å². The lowest BCUT2D eigenvalue weighted by Gasteiger charge is -2.32. The Bertz CT molecular complexity index is 1360. The Kier molecular flexibility index (Phi) is 11.1. The Balaban J connectivity index is 1.72. The monoisotopic (exact) mass is 574 g/mol. The molecular weight excluding hydrogens is 543 g/mol. The number of fused-ring (bicyclic) bond motifs is 1. The Morgan fingerprint density at radius 2 is 1.70 bits per heavy atom. The summed E-state index contributed by atoms with van der Waals surface area (Å²) in [6.07, 6.45) is -0.853. The summed E-state index contributed by atoms with van der Waals surface area (Å²) in [4.78, 5) is 59.6. The average molecular weight is 575 g/mol. The van der Waals surface area contributed by atoms with Crippen molar-refractivity contribution in [1.82, 2.24) is 26.0 Å². The van der Waals surface area contributed by atoms with Crippen molar-refractivity contribution in [3.8, 4) is 0 Å². The van der Waals surface area contributed by atoms with Gasteiger partial charge < -0.3 is 20.6 Å². The summed E-state index contributed by atoms with van der Waals surface area (Å²) in [5.74, 6) is -1.70. The molecule has 15 heteroatoms. The van der Waals surface area contributed by atoms with Crippen LogP contribution in [-0.4, -0.2) is 60.7 Å². The number of amides is 3. The van der Waals surface area contributed by atoms with Gasteiger partial charge >= 0.3 is 13.9 Å². The minimum Gasteiger partial charge on any atom is -0.462 e. The standard InChI is InChI=1S/C25H31N6O8P/c26-23(32)16-22(27-17-20-14-13-19-11-4-5-12-21(19)28-20)24(33)29-30(31(25(34)35)39-40(36,37)38)15-7-6-10-18-8-2-1-3-9-18/h1-5,8-9,11-14,22,27H,6-7,10,15-17H2,(H2,26,32)(H,29,33)(H,34,35)(H2,36,37,38)/t22-/m0/s1. The van der Waals surface area contributed by atoms with Crippen LogP contribution in [0, 0.1) is 0 Å². The van der Waals surface area contributed by atoms with E-state index in [0.717, 1.165) is 16.5 Å². The number of primary amides is 1. The maximum atomic E-state index is 13.2. The Morgan fingerprint density at radius 1 is 1.00 bits per heavy atom. The van der Waals surface area contributed by atoms with Gasteiger partial charge in [0.25, 0.3) is 5.91 Å². The number of benzene rings is 2. The molecular formula is C25H31N6O8P. The zero-order valence-electron chi connectivity index (χ0n) is 21.4. The van der Waals surface area contributed by atoms with E-state index in [-0.39, 0.29) is 18.3 Å². The van der Waals surface area contributed by atoms with Crippen LogP contribution in [0.15, 0.2) is 66.7 Å². The number of hydrazine groups is 2. The number of phosphoric acid groups is 1. The summed E-state index contributed by atoms with van der Waals surface area (Å²) >= 11 is 0. The van der Waals surface area contributed by atoms with Gasteiger partial charge in [0.1, 0.15) is 0 Å². The Labute approximate surface area is 229 Å². The molecule has 0 unspecified atom stereocenters. The number of hydroxylamine groups is 1. The highest BCUT2D eigenvalue weighted by Crippen LogP contribution is 2.37. The number of aryl methyl sites for hydroxylation is 1. The third-order valence-corrected chi connectivity index (χ3v) is 6.01.